The van der Waals surface area contributed by atoms with Crippen molar-refractivity contribution >= 4 is 29.0 Å². The van der Waals surface area contributed by atoms with Gasteiger partial charge in [0.1, 0.15) is 16.5 Å². The molecule has 1 aromatic heterocycles. The standard InChI is InChI=1S/C28H27FN4O3S/c1-36-17-16-33(28(35)31-23-15-9-8-14-22(23)29)18-25-30-24(19-37-25)27(34)32-26(20-10-4-2-5-11-20)21-12-6-3-7-13-21/h2-15,19,26H,16-18H2,1H3,(H,31,35)(H,32,34). The number of ether oxygens (including phenoxy) is 1. The Balaban J connectivity index is 1.47. The number of hydrogen-bond donors (Lipinski definition) is 2. The third kappa shape index (κ3) is 6.99. The quantitative estimate of drug-likeness (QED) is 0.291. The Hall–Kier alpha value is -4.08. The number of hydrogen-bond acceptors (Lipinski definition) is 5. The second kappa shape index (κ2) is 12.8. The Labute approximate surface area is 218 Å². The summed E-state index contributed by atoms with van der Waals surface area (Å²) < 4.78 is 19.1. The van der Waals surface area contributed by atoms with Gasteiger partial charge in [0.15, 0.2) is 0 Å². The molecule has 4 aromatic rings. The van der Waals surface area contributed by atoms with E-state index in [9.17, 15) is 14.0 Å². The van der Waals surface area contributed by atoms with Crippen LogP contribution in [0.1, 0.15) is 32.7 Å². The zero-order valence-corrected chi connectivity index (χ0v) is 21.1. The van der Waals surface area contributed by atoms with E-state index in [1.54, 1.807) is 17.5 Å². The van der Waals surface area contributed by atoms with Gasteiger partial charge in [0.2, 0.25) is 0 Å². The number of carbonyl (C=O) groups is 2. The zero-order valence-electron chi connectivity index (χ0n) is 20.3. The predicted molar refractivity (Wildman–Crippen MR) is 142 cm³/mol. The Morgan fingerprint density at radius 1 is 0.973 bits per heavy atom. The molecule has 0 saturated carbocycles. The fourth-order valence-corrected chi connectivity index (χ4v) is 4.51. The molecule has 4 rings (SSSR count). The number of methoxy groups -OCH3 is 1. The smallest absolute Gasteiger partial charge is 0.322 e. The molecule has 0 spiro atoms. The van der Waals surface area contributed by atoms with Crippen LogP contribution in [-0.2, 0) is 11.3 Å². The number of thiazole rings is 1. The number of amides is 3. The van der Waals surface area contributed by atoms with Gasteiger partial charge in [-0.25, -0.2) is 14.2 Å². The van der Waals surface area contributed by atoms with Crippen molar-refractivity contribution < 1.29 is 18.7 Å². The highest BCUT2D eigenvalue weighted by atomic mass is 32.1. The number of urea groups is 1. The highest BCUT2D eigenvalue weighted by Gasteiger charge is 2.21. The number of benzene rings is 3. The van der Waals surface area contributed by atoms with Gasteiger partial charge in [-0.3, -0.25) is 4.79 Å². The van der Waals surface area contributed by atoms with Crippen molar-refractivity contribution in [3.8, 4) is 0 Å². The Morgan fingerprint density at radius 3 is 2.22 bits per heavy atom. The minimum absolute atomic E-state index is 0.0852. The van der Waals surface area contributed by atoms with Crippen LogP contribution in [0.25, 0.3) is 0 Å². The van der Waals surface area contributed by atoms with Gasteiger partial charge in [0, 0.05) is 19.0 Å². The zero-order chi connectivity index (χ0) is 26.0. The molecule has 1 heterocycles. The van der Waals surface area contributed by atoms with Crippen molar-refractivity contribution in [2.45, 2.75) is 12.6 Å². The highest BCUT2D eigenvalue weighted by molar-refractivity contribution is 7.09. The lowest BCUT2D eigenvalue weighted by molar-refractivity contribution is 0.0938. The summed E-state index contributed by atoms with van der Waals surface area (Å²) in [7, 11) is 1.54. The first-order valence-corrected chi connectivity index (χ1v) is 12.6. The monoisotopic (exact) mass is 518 g/mol. The lowest BCUT2D eigenvalue weighted by atomic mass is 9.98. The lowest BCUT2D eigenvalue weighted by Crippen LogP contribution is -2.37. The van der Waals surface area contributed by atoms with Crippen LogP contribution in [0.5, 0.6) is 0 Å². The van der Waals surface area contributed by atoms with Crippen molar-refractivity contribution in [2.24, 2.45) is 0 Å². The van der Waals surface area contributed by atoms with Gasteiger partial charge < -0.3 is 20.3 Å². The molecule has 0 radical (unpaired) electrons. The van der Waals surface area contributed by atoms with Gasteiger partial charge in [-0.1, -0.05) is 72.8 Å². The Bertz CT molecular complexity index is 1280. The number of rotatable bonds is 10. The molecular formula is C28H27FN4O3S. The number of anilines is 1. The summed E-state index contributed by atoms with van der Waals surface area (Å²) >= 11 is 1.28. The number of halogens is 1. The molecule has 0 unspecified atom stereocenters. The molecule has 9 heteroatoms. The van der Waals surface area contributed by atoms with Crippen molar-refractivity contribution in [1.29, 1.82) is 0 Å². The topological polar surface area (TPSA) is 83.6 Å². The molecule has 3 aromatic carbocycles. The molecule has 37 heavy (non-hydrogen) atoms. The van der Waals surface area contributed by atoms with E-state index in [0.717, 1.165) is 11.1 Å². The van der Waals surface area contributed by atoms with Gasteiger partial charge in [-0.15, -0.1) is 11.3 Å². The molecule has 0 bridgehead atoms. The fraction of sp³-hybridized carbons (Fsp3) is 0.179. The van der Waals surface area contributed by atoms with Gasteiger partial charge >= 0.3 is 6.03 Å². The van der Waals surface area contributed by atoms with Gasteiger partial charge in [-0.05, 0) is 23.3 Å². The maximum absolute atomic E-state index is 14.0. The summed E-state index contributed by atoms with van der Waals surface area (Å²) in [6, 6.07) is 24.6. The van der Waals surface area contributed by atoms with Crippen LogP contribution < -0.4 is 10.6 Å². The largest absolute Gasteiger partial charge is 0.383 e. The Morgan fingerprint density at radius 2 is 1.59 bits per heavy atom. The SMILES string of the molecule is COCCN(Cc1nc(C(=O)NC(c2ccccc2)c2ccccc2)cs1)C(=O)Nc1ccccc1F. The molecule has 3 amide bonds. The van der Waals surface area contributed by atoms with Crippen molar-refractivity contribution in [3.05, 3.63) is 118 Å². The molecule has 0 atom stereocenters. The molecule has 0 aliphatic heterocycles. The minimum Gasteiger partial charge on any atom is -0.383 e. The minimum atomic E-state index is -0.526. The number of nitrogens with one attached hydrogen (secondary N) is 2. The number of nitrogens with zero attached hydrogens (tertiary/aromatic N) is 2. The fourth-order valence-electron chi connectivity index (χ4n) is 3.72. The summed E-state index contributed by atoms with van der Waals surface area (Å²) in [4.78, 5) is 32.0. The first-order valence-electron chi connectivity index (χ1n) is 11.7. The van der Waals surface area contributed by atoms with Gasteiger partial charge in [0.25, 0.3) is 5.91 Å². The summed E-state index contributed by atoms with van der Waals surface area (Å²) in [5.41, 5.74) is 2.25. The average molecular weight is 519 g/mol. The predicted octanol–water partition coefficient (Wildman–Crippen LogP) is 5.48. The molecular weight excluding hydrogens is 491 g/mol. The third-order valence-electron chi connectivity index (χ3n) is 5.62. The van der Waals surface area contributed by atoms with Crippen LogP contribution in [0.15, 0.2) is 90.3 Å². The third-order valence-corrected chi connectivity index (χ3v) is 6.45. The van der Waals surface area contributed by atoms with Crippen molar-refractivity contribution in [1.82, 2.24) is 15.2 Å². The lowest BCUT2D eigenvalue weighted by Gasteiger charge is -2.22. The summed E-state index contributed by atoms with van der Waals surface area (Å²) in [6.07, 6.45) is 0. The van der Waals surface area contributed by atoms with Crippen LogP contribution in [0.4, 0.5) is 14.9 Å². The number of carbonyl (C=O) groups excluding carboxylic acids is 2. The van der Waals surface area contributed by atoms with Crippen LogP contribution in [0.2, 0.25) is 0 Å². The highest BCUT2D eigenvalue weighted by Crippen LogP contribution is 2.23. The van der Waals surface area contributed by atoms with E-state index < -0.39 is 11.8 Å². The summed E-state index contributed by atoms with van der Waals surface area (Å²) in [6.45, 7) is 0.698. The molecule has 0 aliphatic rings. The first kappa shape index (κ1) is 26.0. The number of aromatic nitrogens is 1. The molecule has 2 N–H and O–H groups in total. The molecule has 0 fully saturated rings. The molecule has 0 saturated heterocycles. The molecule has 7 nitrogen and oxygen atoms in total. The normalized spacial score (nSPS) is 10.8. The van der Waals surface area contributed by atoms with Crippen LogP contribution in [-0.4, -0.2) is 42.1 Å². The average Bonchev–Trinajstić information content (AvgIpc) is 3.40. The first-order chi connectivity index (χ1) is 18.0. The maximum Gasteiger partial charge on any atom is 0.322 e. The number of para-hydroxylation sites is 1. The van der Waals surface area contributed by atoms with Crippen LogP contribution in [0, 0.1) is 5.82 Å². The molecule has 0 aliphatic carbocycles. The summed E-state index contributed by atoms with van der Waals surface area (Å²) in [5, 5.41) is 7.90. The van der Waals surface area contributed by atoms with Crippen LogP contribution in [0.3, 0.4) is 0 Å². The van der Waals surface area contributed by atoms with Crippen molar-refractivity contribution in [2.75, 3.05) is 25.6 Å². The maximum atomic E-state index is 14.0. The second-order valence-electron chi connectivity index (χ2n) is 8.18. The van der Waals surface area contributed by atoms with Crippen LogP contribution >= 0.6 is 11.3 Å². The van der Waals surface area contributed by atoms with E-state index in [4.69, 9.17) is 4.74 Å². The van der Waals surface area contributed by atoms with E-state index in [1.165, 1.54) is 35.5 Å². The van der Waals surface area contributed by atoms with Gasteiger partial charge in [0.05, 0.1) is 24.9 Å². The van der Waals surface area contributed by atoms with E-state index >= 15 is 0 Å². The van der Waals surface area contributed by atoms with Crippen molar-refractivity contribution in [3.63, 3.8) is 0 Å². The van der Waals surface area contributed by atoms with E-state index in [-0.39, 0.29) is 36.4 Å². The Kier molecular flexibility index (Phi) is 8.96. The van der Waals surface area contributed by atoms with E-state index in [1.807, 2.05) is 60.7 Å². The second-order valence-corrected chi connectivity index (χ2v) is 9.12. The molecule has 190 valence electrons. The van der Waals surface area contributed by atoms with E-state index in [2.05, 4.69) is 15.6 Å². The van der Waals surface area contributed by atoms with E-state index in [0.29, 0.717) is 11.6 Å². The summed E-state index contributed by atoms with van der Waals surface area (Å²) in [5.74, 6) is -0.846. The van der Waals surface area contributed by atoms with Gasteiger partial charge in [-0.2, -0.15) is 0 Å².